The highest BCUT2D eigenvalue weighted by Gasteiger charge is 2.44. The maximum Gasteiger partial charge on any atom is 0.0472 e. The van der Waals surface area contributed by atoms with Crippen molar-refractivity contribution in [2.24, 2.45) is 5.41 Å². The van der Waals surface area contributed by atoms with Crippen molar-refractivity contribution in [2.45, 2.75) is 19.8 Å². The first-order valence-corrected chi connectivity index (χ1v) is 6.37. The second kappa shape index (κ2) is 3.91. The van der Waals surface area contributed by atoms with Gasteiger partial charge in [0.2, 0.25) is 0 Å². The van der Waals surface area contributed by atoms with Gasteiger partial charge in [0.1, 0.15) is 0 Å². The lowest BCUT2D eigenvalue weighted by Gasteiger charge is -2.53. The molecule has 0 unspecified atom stereocenters. The molecule has 1 aromatic carbocycles. The molecule has 3 heteroatoms. The summed E-state index contributed by atoms with van der Waals surface area (Å²) in [6.45, 7) is 6.38. The maximum atomic E-state index is 5.79. The molecular formula is C14H20N2O. The third-order valence-corrected chi connectivity index (χ3v) is 4.17. The second-order valence-corrected chi connectivity index (χ2v) is 5.51. The molecule has 0 saturated carbocycles. The molecule has 1 spiro atoms. The van der Waals surface area contributed by atoms with Crippen molar-refractivity contribution in [1.82, 2.24) is 0 Å². The molecule has 2 N–H and O–H groups in total. The molecule has 17 heavy (non-hydrogen) atoms. The van der Waals surface area contributed by atoms with Gasteiger partial charge in [-0.05, 0) is 43.5 Å². The molecule has 0 radical (unpaired) electrons. The van der Waals surface area contributed by atoms with E-state index in [-0.39, 0.29) is 0 Å². The first-order valence-electron chi connectivity index (χ1n) is 6.37. The number of anilines is 2. The Morgan fingerprint density at radius 3 is 2.59 bits per heavy atom. The number of ether oxygens (including phenoxy) is 1. The van der Waals surface area contributed by atoms with Crippen molar-refractivity contribution < 1.29 is 4.74 Å². The van der Waals surface area contributed by atoms with Gasteiger partial charge in [-0.2, -0.15) is 0 Å². The third-order valence-electron chi connectivity index (χ3n) is 4.17. The number of hydrogen-bond donors (Lipinski definition) is 1. The minimum atomic E-state index is 0.534. The molecule has 2 saturated heterocycles. The smallest absolute Gasteiger partial charge is 0.0472 e. The quantitative estimate of drug-likeness (QED) is 0.754. The van der Waals surface area contributed by atoms with E-state index in [1.54, 1.807) is 0 Å². The van der Waals surface area contributed by atoms with E-state index < -0.39 is 0 Å². The Bertz CT molecular complexity index is 416. The Kier molecular flexibility index (Phi) is 2.51. The molecule has 3 rings (SSSR count). The summed E-state index contributed by atoms with van der Waals surface area (Å²) in [4.78, 5) is 2.47. The van der Waals surface area contributed by atoms with Crippen LogP contribution in [0.15, 0.2) is 18.2 Å². The third kappa shape index (κ3) is 1.89. The molecule has 92 valence electrons. The van der Waals surface area contributed by atoms with Crippen LogP contribution in [0.4, 0.5) is 11.4 Å². The van der Waals surface area contributed by atoms with E-state index in [2.05, 4.69) is 24.0 Å². The van der Waals surface area contributed by atoms with E-state index in [1.807, 2.05) is 6.07 Å². The van der Waals surface area contributed by atoms with Gasteiger partial charge < -0.3 is 15.4 Å². The van der Waals surface area contributed by atoms with E-state index in [0.29, 0.717) is 5.41 Å². The fraction of sp³-hybridized carbons (Fsp3) is 0.571. The predicted molar refractivity (Wildman–Crippen MR) is 70.3 cm³/mol. The standard InChI is InChI=1S/C14H20N2O/c1-11-8-12(15)2-3-13(11)16-9-14(10-16)4-6-17-7-5-14/h2-3,8H,4-7,9-10,15H2,1H3. The lowest BCUT2D eigenvalue weighted by molar-refractivity contribution is -0.000222. The number of aryl methyl sites for hydroxylation is 1. The lowest BCUT2D eigenvalue weighted by Crippen LogP contribution is -2.58. The van der Waals surface area contributed by atoms with E-state index >= 15 is 0 Å². The first-order chi connectivity index (χ1) is 8.19. The Labute approximate surface area is 103 Å². The second-order valence-electron chi connectivity index (χ2n) is 5.51. The van der Waals surface area contributed by atoms with Gasteiger partial charge in [0.05, 0.1) is 0 Å². The van der Waals surface area contributed by atoms with Crippen LogP contribution in [0.1, 0.15) is 18.4 Å². The number of nitrogens with two attached hydrogens (primary N) is 1. The van der Waals surface area contributed by atoms with Crippen LogP contribution in [0.5, 0.6) is 0 Å². The Balaban J connectivity index is 1.72. The molecule has 0 bridgehead atoms. The Morgan fingerprint density at radius 2 is 1.94 bits per heavy atom. The van der Waals surface area contributed by atoms with E-state index in [9.17, 15) is 0 Å². The summed E-state index contributed by atoms with van der Waals surface area (Å²) < 4.78 is 5.45. The summed E-state index contributed by atoms with van der Waals surface area (Å²) in [6, 6.07) is 6.21. The van der Waals surface area contributed by atoms with Crippen molar-refractivity contribution in [3.63, 3.8) is 0 Å². The van der Waals surface area contributed by atoms with Crippen LogP contribution in [0, 0.1) is 12.3 Å². The minimum Gasteiger partial charge on any atom is -0.399 e. The van der Waals surface area contributed by atoms with Gasteiger partial charge in [-0.1, -0.05) is 0 Å². The summed E-state index contributed by atoms with van der Waals surface area (Å²) in [6.07, 6.45) is 2.44. The fourth-order valence-corrected chi connectivity index (χ4v) is 3.09. The summed E-state index contributed by atoms with van der Waals surface area (Å²) >= 11 is 0. The fourth-order valence-electron chi connectivity index (χ4n) is 3.09. The normalized spacial score (nSPS) is 22.5. The first kappa shape index (κ1) is 10.9. The summed E-state index contributed by atoms with van der Waals surface area (Å²) in [5.74, 6) is 0. The summed E-state index contributed by atoms with van der Waals surface area (Å²) in [5, 5.41) is 0. The monoisotopic (exact) mass is 232 g/mol. The van der Waals surface area contributed by atoms with E-state index in [4.69, 9.17) is 10.5 Å². The predicted octanol–water partition coefficient (Wildman–Crippen LogP) is 2.19. The molecule has 3 nitrogen and oxygen atoms in total. The lowest BCUT2D eigenvalue weighted by atomic mass is 9.73. The Hall–Kier alpha value is -1.22. The van der Waals surface area contributed by atoms with Crippen LogP contribution >= 0.6 is 0 Å². The minimum absolute atomic E-state index is 0.534. The molecule has 2 heterocycles. The molecule has 2 aliphatic heterocycles. The van der Waals surface area contributed by atoms with Gasteiger partial charge in [0.15, 0.2) is 0 Å². The van der Waals surface area contributed by atoms with E-state index in [1.165, 1.54) is 37.2 Å². The zero-order chi connectivity index (χ0) is 11.9. The molecule has 0 aliphatic carbocycles. The molecule has 1 aromatic rings. The average molecular weight is 232 g/mol. The number of rotatable bonds is 1. The topological polar surface area (TPSA) is 38.5 Å². The van der Waals surface area contributed by atoms with Crippen LogP contribution in [-0.2, 0) is 4.74 Å². The zero-order valence-corrected chi connectivity index (χ0v) is 10.4. The number of benzene rings is 1. The molecular weight excluding hydrogens is 212 g/mol. The summed E-state index contributed by atoms with van der Waals surface area (Å²) in [7, 11) is 0. The van der Waals surface area contributed by atoms with Crippen LogP contribution < -0.4 is 10.6 Å². The van der Waals surface area contributed by atoms with Crippen LogP contribution in [-0.4, -0.2) is 26.3 Å². The van der Waals surface area contributed by atoms with Crippen molar-refractivity contribution in [3.8, 4) is 0 Å². The van der Waals surface area contributed by atoms with Crippen molar-refractivity contribution >= 4 is 11.4 Å². The van der Waals surface area contributed by atoms with Crippen molar-refractivity contribution in [1.29, 1.82) is 0 Å². The van der Waals surface area contributed by atoms with Crippen LogP contribution in [0.3, 0.4) is 0 Å². The van der Waals surface area contributed by atoms with Gasteiger partial charge in [-0.3, -0.25) is 0 Å². The van der Waals surface area contributed by atoms with Gasteiger partial charge in [0, 0.05) is 43.1 Å². The average Bonchev–Trinajstić information content (AvgIpc) is 2.27. The van der Waals surface area contributed by atoms with Gasteiger partial charge in [0.25, 0.3) is 0 Å². The van der Waals surface area contributed by atoms with Crippen molar-refractivity contribution in [2.75, 3.05) is 36.9 Å². The summed E-state index contributed by atoms with van der Waals surface area (Å²) in [5.41, 5.74) is 9.80. The highest BCUT2D eigenvalue weighted by atomic mass is 16.5. The highest BCUT2D eigenvalue weighted by molar-refractivity contribution is 5.60. The highest BCUT2D eigenvalue weighted by Crippen LogP contribution is 2.42. The van der Waals surface area contributed by atoms with Gasteiger partial charge in [-0.15, -0.1) is 0 Å². The molecule has 0 amide bonds. The molecule has 0 aromatic heterocycles. The number of nitrogen functional groups attached to an aromatic ring is 1. The van der Waals surface area contributed by atoms with E-state index in [0.717, 1.165) is 18.9 Å². The number of hydrogen-bond acceptors (Lipinski definition) is 3. The van der Waals surface area contributed by atoms with Crippen LogP contribution in [0.2, 0.25) is 0 Å². The SMILES string of the molecule is Cc1cc(N)ccc1N1CC2(CCOCC2)C1. The zero-order valence-electron chi connectivity index (χ0n) is 10.4. The Morgan fingerprint density at radius 1 is 1.24 bits per heavy atom. The molecule has 0 atom stereocenters. The van der Waals surface area contributed by atoms with Gasteiger partial charge >= 0.3 is 0 Å². The maximum absolute atomic E-state index is 5.79. The molecule has 2 fully saturated rings. The largest absolute Gasteiger partial charge is 0.399 e. The van der Waals surface area contributed by atoms with Crippen LogP contribution in [0.25, 0.3) is 0 Å². The molecule has 2 aliphatic rings. The number of nitrogens with zero attached hydrogens (tertiary/aromatic N) is 1. The van der Waals surface area contributed by atoms with Gasteiger partial charge in [-0.25, -0.2) is 0 Å². The van der Waals surface area contributed by atoms with Crippen molar-refractivity contribution in [3.05, 3.63) is 23.8 Å².